The van der Waals surface area contributed by atoms with Gasteiger partial charge in [-0.1, -0.05) is 34.1 Å². The molecule has 1 aromatic rings. The Morgan fingerprint density at radius 1 is 1.08 bits per heavy atom. The van der Waals surface area contributed by atoms with Gasteiger partial charge < -0.3 is 19.7 Å². The summed E-state index contributed by atoms with van der Waals surface area (Å²) in [4.78, 5) is 15.9. The van der Waals surface area contributed by atoms with Crippen LogP contribution in [0.4, 0.5) is 0 Å². The first-order chi connectivity index (χ1) is 18.1. The first-order valence-electron chi connectivity index (χ1n) is 15.2. The SMILES string of the molecule is CC[C@H]1[C@@H](O)[C@@H]2[C@H](CC[C@]3(C)[C@@H]([C@H](C)CCOc4ccc(C(=O)OC)cn4)CC[C@@H]23)[C@@]2(C)CC[C@@H](O)C[C@@H]12. The average Bonchev–Trinajstić information content (AvgIpc) is 3.27. The molecular weight excluding hydrogens is 478 g/mol. The molecule has 0 unspecified atom stereocenters. The molecule has 6 nitrogen and oxygen atoms in total. The zero-order valence-corrected chi connectivity index (χ0v) is 24.1. The van der Waals surface area contributed by atoms with Crippen molar-refractivity contribution in [1.82, 2.24) is 4.98 Å². The minimum absolute atomic E-state index is 0.195. The number of carbonyl (C=O) groups excluding carboxylic acids is 1. The monoisotopic (exact) mass is 527 g/mol. The van der Waals surface area contributed by atoms with E-state index in [0.29, 0.717) is 59.5 Å². The third-order valence-electron chi connectivity index (χ3n) is 12.1. The highest BCUT2D eigenvalue weighted by atomic mass is 16.5. The Kier molecular flexibility index (Phi) is 7.87. The minimum atomic E-state index is -0.393. The van der Waals surface area contributed by atoms with Crippen LogP contribution in [0.1, 0.15) is 95.8 Å². The van der Waals surface area contributed by atoms with Crippen molar-refractivity contribution < 1.29 is 24.5 Å². The van der Waals surface area contributed by atoms with Crippen LogP contribution in [0.15, 0.2) is 18.3 Å². The van der Waals surface area contributed by atoms with E-state index in [1.165, 1.54) is 39.0 Å². The van der Waals surface area contributed by atoms with Crippen LogP contribution in [0.2, 0.25) is 0 Å². The van der Waals surface area contributed by atoms with E-state index in [1.54, 1.807) is 12.1 Å². The van der Waals surface area contributed by atoms with Gasteiger partial charge in [0, 0.05) is 12.3 Å². The molecule has 11 atom stereocenters. The second kappa shape index (κ2) is 10.7. The Balaban J connectivity index is 1.26. The standard InChI is InChI=1S/C32H49NO5/c1-6-22-26-17-21(34)11-14-32(26,4)25-12-15-31(3)23(8-9-24(31)28(25)29(22)35)19(2)13-16-38-27-10-7-20(18-33-27)30(36)37-5/h7,10,18-19,21-26,28-29,34-35H,6,8-9,11-17H2,1-5H3/t19-,21-,22-,23-,24+,25+,26+,28+,29-,31-,32-/m1/s1. The topological polar surface area (TPSA) is 88.9 Å². The summed E-state index contributed by atoms with van der Waals surface area (Å²) in [6.45, 7) is 10.3. The third-order valence-corrected chi connectivity index (χ3v) is 12.1. The van der Waals surface area contributed by atoms with E-state index in [4.69, 9.17) is 9.47 Å². The van der Waals surface area contributed by atoms with Gasteiger partial charge in [0.25, 0.3) is 0 Å². The number of pyridine rings is 1. The number of nitrogens with zero attached hydrogens (tertiary/aromatic N) is 1. The van der Waals surface area contributed by atoms with Crippen molar-refractivity contribution >= 4 is 5.97 Å². The smallest absolute Gasteiger partial charge is 0.339 e. The number of esters is 1. The lowest BCUT2D eigenvalue weighted by Gasteiger charge is -2.64. The Morgan fingerprint density at radius 2 is 1.82 bits per heavy atom. The lowest BCUT2D eigenvalue weighted by Crippen LogP contribution is -2.62. The van der Waals surface area contributed by atoms with Crippen LogP contribution < -0.4 is 4.74 Å². The maximum Gasteiger partial charge on any atom is 0.339 e. The molecule has 0 bridgehead atoms. The van der Waals surface area contributed by atoms with Crippen molar-refractivity contribution in [2.45, 2.75) is 97.7 Å². The molecule has 0 radical (unpaired) electrons. The summed E-state index contributed by atoms with van der Waals surface area (Å²) in [5, 5.41) is 22.4. The highest BCUT2D eigenvalue weighted by Crippen LogP contribution is 2.69. The molecule has 0 spiro atoms. The van der Waals surface area contributed by atoms with E-state index in [9.17, 15) is 15.0 Å². The second-order valence-corrected chi connectivity index (χ2v) is 13.6. The van der Waals surface area contributed by atoms with Gasteiger partial charge in [-0.05, 0) is 110 Å². The second-order valence-electron chi connectivity index (χ2n) is 13.6. The number of methoxy groups -OCH3 is 1. The lowest BCUT2D eigenvalue weighted by molar-refractivity contribution is -0.203. The van der Waals surface area contributed by atoms with Crippen LogP contribution in [-0.4, -0.2) is 47.1 Å². The molecule has 38 heavy (non-hydrogen) atoms. The highest BCUT2D eigenvalue weighted by molar-refractivity contribution is 5.88. The summed E-state index contributed by atoms with van der Waals surface area (Å²) in [6.07, 6.45) is 10.9. The molecule has 1 heterocycles. The molecular formula is C32H49NO5. The average molecular weight is 528 g/mol. The maximum absolute atomic E-state index is 11.9. The van der Waals surface area contributed by atoms with E-state index in [1.807, 2.05) is 0 Å². The fourth-order valence-electron chi connectivity index (χ4n) is 10.2. The normalized spacial score (nSPS) is 42.9. The molecule has 4 aliphatic rings. The Bertz CT molecular complexity index is 983. The van der Waals surface area contributed by atoms with Gasteiger partial charge in [0.15, 0.2) is 0 Å². The van der Waals surface area contributed by atoms with Crippen molar-refractivity contribution in [3.8, 4) is 5.88 Å². The van der Waals surface area contributed by atoms with Gasteiger partial charge in [0.05, 0.1) is 31.5 Å². The molecule has 5 rings (SSSR count). The number of aliphatic hydroxyl groups excluding tert-OH is 2. The number of aliphatic hydroxyl groups is 2. The lowest BCUT2D eigenvalue weighted by atomic mass is 9.41. The molecule has 212 valence electrons. The van der Waals surface area contributed by atoms with Gasteiger partial charge in [0.2, 0.25) is 5.88 Å². The fraction of sp³-hybridized carbons (Fsp3) is 0.812. The number of hydrogen-bond donors (Lipinski definition) is 2. The molecule has 1 aromatic heterocycles. The quantitative estimate of drug-likeness (QED) is 0.429. The summed E-state index contributed by atoms with van der Waals surface area (Å²) in [7, 11) is 1.37. The van der Waals surface area contributed by atoms with Gasteiger partial charge in [-0.15, -0.1) is 0 Å². The molecule has 4 fully saturated rings. The molecule has 0 aromatic carbocycles. The van der Waals surface area contributed by atoms with E-state index in [0.717, 1.165) is 32.1 Å². The summed E-state index contributed by atoms with van der Waals surface area (Å²) < 4.78 is 10.7. The summed E-state index contributed by atoms with van der Waals surface area (Å²) >= 11 is 0. The molecule has 0 saturated heterocycles. The predicted octanol–water partition coefficient (Wildman–Crippen LogP) is 5.90. The number of aromatic nitrogens is 1. The van der Waals surface area contributed by atoms with E-state index >= 15 is 0 Å². The summed E-state index contributed by atoms with van der Waals surface area (Å²) in [5.41, 5.74) is 0.935. The van der Waals surface area contributed by atoms with Crippen molar-refractivity contribution in [1.29, 1.82) is 0 Å². The summed E-state index contributed by atoms with van der Waals surface area (Å²) in [6, 6.07) is 3.42. The van der Waals surface area contributed by atoms with Crippen molar-refractivity contribution in [2.24, 2.45) is 52.3 Å². The zero-order chi connectivity index (χ0) is 27.2. The van der Waals surface area contributed by atoms with Crippen LogP contribution in [0.5, 0.6) is 5.88 Å². The van der Waals surface area contributed by atoms with E-state index < -0.39 is 5.97 Å². The highest BCUT2D eigenvalue weighted by Gasteiger charge is 2.64. The molecule has 6 heteroatoms. The van der Waals surface area contributed by atoms with Gasteiger partial charge >= 0.3 is 5.97 Å². The summed E-state index contributed by atoms with van der Waals surface area (Å²) in [5.74, 6) is 3.61. The largest absolute Gasteiger partial charge is 0.478 e. The van der Waals surface area contributed by atoms with E-state index in [-0.39, 0.29) is 23.0 Å². The van der Waals surface area contributed by atoms with Crippen molar-refractivity contribution in [3.63, 3.8) is 0 Å². The fourth-order valence-corrected chi connectivity index (χ4v) is 10.2. The number of rotatable bonds is 7. The first kappa shape index (κ1) is 27.9. The van der Waals surface area contributed by atoms with Crippen molar-refractivity contribution in [2.75, 3.05) is 13.7 Å². The van der Waals surface area contributed by atoms with Crippen molar-refractivity contribution in [3.05, 3.63) is 23.9 Å². The van der Waals surface area contributed by atoms with Gasteiger partial charge in [-0.2, -0.15) is 0 Å². The minimum Gasteiger partial charge on any atom is -0.478 e. The number of ether oxygens (including phenoxy) is 2. The third kappa shape index (κ3) is 4.58. The first-order valence-corrected chi connectivity index (χ1v) is 15.2. The van der Waals surface area contributed by atoms with Crippen LogP contribution >= 0.6 is 0 Å². The Hall–Kier alpha value is -1.66. The van der Waals surface area contributed by atoms with Crippen LogP contribution in [0, 0.1) is 52.3 Å². The van der Waals surface area contributed by atoms with Crippen LogP contribution in [-0.2, 0) is 4.74 Å². The van der Waals surface area contributed by atoms with Gasteiger partial charge in [-0.3, -0.25) is 0 Å². The van der Waals surface area contributed by atoms with Crippen LogP contribution in [0.3, 0.4) is 0 Å². The molecule has 4 aliphatic carbocycles. The zero-order valence-electron chi connectivity index (χ0n) is 24.1. The molecule has 4 saturated carbocycles. The van der Waals surface area contributed by atoms with Crippen LogP contribution in [0.25, 0.3) is 0 Å². The molecule has 2 N–H and O–H groups in total. The number of hydrogen-bond acceptors (Lipinski definition) is 6. The van der Waals surface area contributed by atoms with E-state index in [2.05, 4.69) is 32.7 Å². The van der Waals surface area contributed by atoms with Gasteiger partial charge in [-0.25, -0.2) is 9.78 Å². The Labute approximate surface area is 228 Å². The Morgan fingerprint density at radius 3 is 2.50 bits per heavy atom. The molecule has 0 amide bonds. The molecule has 0 aliphatic heterocycles. The van der Waals surface area contributed by atoms with Gasteiger partial charge in [0.1, 0.15) is 0 Å². The number of fused-ring (bicyclic) bond motifs is 5. The maximum atomic E-state index is 11.9. The predicted molar refractivity (Wildman–Crippen MR) is 147 cm³/mol. The number of carbonyl (C=O) groups is 1.